The van der Waals surface area contributed by atoms with Gasteiger partial charge < -0.3 is 20.4 Å². The fourth-order valence-electron chi connectivity index (χ4n) is 3.96. The molecule has 7 nitrogen and oxygen atoms in total. The van der Waals surface area contributed by atoms with E-state index < -0.39 is 17.4 Å². The summed E-state index contributed by atoms with van der Waals surface area (Å²) in [5, 5.41) is 21.2. The first-order valence-corrected chi connectivity index (χ1v) is 9.59. The normalized spacial score (nSPS) is 17.5. The summed E-state index contributed by atoms with van der Waals surface area (Å²) in [5.41, 5.74) is 0.868. The van der Waals surface area contributed by atoms with Crippen LogP contribution in [0.3, 0.4) is 0 Å². The first kappa shape index (κ1) is 20.4. The van der Waals surface area contributed by atoms with E-state index in [-0.39, 0.29) is 12.5 Å². The van der Waals surface area contributed by atoms with Gasteiger partial charge in [-0.15, -0.1) is 0 Å². The van der Waals surface area contributed by atoms with Gasteiger partial charge in [0.05, 0.1) is 11.1 Å². The van der Waals surface area contributed by atoms with Gasteiger partial charge in [0.2, 0.25) is 5.91 Å². The molecule has 0 bridgehead atoms. The molecule has 3 N–H and O–H groups in total. The van der Waals surface area contributed by atoms with Crippen LogP contribution in [0.2, 0.25) is 0 Å². The van der Waals surface area contributed by atoms with Gasteiger partial charge in [0.25, 0.3) is 0 Å². The van der Waals surface area contributed by atoms with Crippen molar-refractivity contribution in [3.63, 3.8) is 0 Å². The van der Waals surface area contributed by atoms with Crippen molar-refractivity contribution in [2.24, 2.45) is 5.41 Å². The fourth-order valence-corrected chi connectivity index (χ4v) is 3.96. The number of hydrogen-bond donors (Lipinski definition) is 3. The molecule has 0 spiro atoms. The van der Waals surface area contributed by atoms with E-state index in [1.54, 1.807) is 17.1 Å². The molecule has 1 aromatic rings. The minimum Gasteiger partial charge on any atom is -0.480 e. The minimum absolute atomic E-state index is 0.209. The van der Waals surface area contributed by atoms with Gasteiger partial charge in [0.15, 0.2) is 0 Å². The second-order valence-corrected chi connectivity index (χ2v) is 7.34. The number of benzene rings is 1. The van der Waals surface area contributed by atoms with Crippen molar-refractivity contribution in [2.45, 2.75) is 32.1 Å². The van der Waals surface area contributed by atoms with Crippen molar-refractivity contribution in [2.75, 3.05) is 11.4 Å². The Morgan fingerprint density at radius 1 is 1.14 bits per heavy atom. The predicted octanol–water partition coefficient (Wildman–Crippen LogP) is 3.15. The zero-order valence-corrected chi connectivity index (χ0v) is 16.0. The Balaban J connectivity index is 1.87. The monoisotopic (exact) mass is 396 g/mol. The first-order chi connectivity index (χ1) is 13.9. The topological polar surface area (TPSA) is 107 Å². The summed E-state index contributed by atoms with van der Waals surface area (Å²) in [6.45, 7) is -0.295. The Kier molecular flexibility index (Phi) is 6.16. The number of aliphatic carboxylic acids is 2. The Hall–Kier alpha value is -3.35. The summed E-state index contributed by atoms with van der Waals surface area (Å²) in [6.07, 6.45) is 11.4. The van der Waals surface area contributed by atoms with Crippen LogP contribution >= 0.6 is 0 Å². The zero-order valence-electron chi connectivity index (χ0n) is 16.0. The van der Waals surface area contributed by atoms with E-state index in [0.29, 0.717) is 30.8 Å². The van der Waals surface area contributed by atoms with Crippen LogP contribution in [0.5, 0.6) is 0 Å². The number of rotatable bonds is 7. The molecule has 3 rings (SSSR count). The number of carbonyl (C=O) groups is 3. The van der Waals surface area contributed by atoms with Crippen LogP contribution in [-0.2, 0) is 14.4 Å². The van der Waals surface area contributed by atoms with Gasteiger partial charge in [-0.1, -0.05) is 49.3 Å². The minimum atomic E-state index is -1.04. The lowest BCUT2D eigenvalue weighted by Crippen LogP contribution is -2.44. The predicted molar refractivity (Wildman–Crippen MR) is 109 cm³/mol. The number of carboxylic acids is 2. The Bertz CT molecular complexity index is 894. The fraction of sp³-hybridized carbons (Fsp3) is 0.318. The highest BCUT2D eigenvalue weighted by Crippen LogP contribution is 2.42. The van der Waals surface area contributed by atoms with Gasteiger partial charge in [0, 0.05) is 6.08 Å². The van der Waals surface area contributed by atoms with Crippen molar-refractivity contribution in [3.8, 4) is 0 Å². The quantitative estimate of drug-likeness (QED) is 0.611. The van der Waals surface area contributed by atoms with Gasteiger partial charge in [-0.2, -0.15) is 0 Å². The average Bonchev–Trinajstić information content (AvgIpc) is 3.09. The van der Waals surface area contributed by atoms with Crippen molar-refractivity contribution in [3.05, 3.63) is 60.0 Å². The largest absolute Gasteiger partial charge is 0.480 e. The number of fused-ring (bicyclic) bond motifs is 1. The van der Waals surface area contributed by atoms with Crippen molar-refractivity contribution < 1.29 is 24.6 Å². The Morgan fingerprint density at radius 2 is 1.86 bits per heavy atom. The molecule has 0 saturated heterocycles. The molecule has 29 heavy (non-hydrogen) atoms. The summed E-state index contributed by atoms with van der Waals surface area (Å²) >= 11 is 0. The second-order valence-electron chi connectivity index (χ2n) is 7.34. The van der Waals surface area contributed by atoms with Crippen LogP contribution in [0.4, 0.5) is 5.69 Å². The smallest absolute Gasteiger partial charge is 0.327 e. The number of nitrogens with zero attached hydrogens (tertiary/aromatic N) is 1. The van der Waals surface area contributed by atoms with Crippen molar-refractivity contribution in [1.82, 2.24) is 5.32 Å². The average molecular weight is 396 g/mol. The van der Waals surface area contributed by atoms with Gasteiger partial charge >= 0.3 is 11.9 Å². The summed E-state index contributed by atoms with van der Waals surface area (Å²) < 4.78 is 0. The Morgan fingerprint density at radius 3 is 2.55 bits per heavy atom. The number of para-hydroxylation sites is 1. The number of hydrogen-bond acceptors (Lipinski definition) is 4. The molecule has 1 aromatic carbocycles. The highest BCUT2D eigenvalue weighted by molar-refractivity contribution is 5.88. The van der Waals surface area contributed by atoms with Crippen LogP contribution in [0.1, 0.15) is 37.7 Å². The number of carbonyl (C=O) groups excluding carboxylic acids is 1. The van der Waals surface area contributed by atoms with E-state index in [0.717, 1.165) is 24.5 Å². The lowest BCUT2D eigenvalue weighted by Gasteiger charge is -2.31. The highest BCUT2D eigenvalue weighted by atomic mass is 16.4. The van der Waals surface area contributed by atoms with Gasteiger partial charge in [-0.3, -0.25) is 9.59 Å². The van der Waals surface area contributed by atoms with E-state index in [2.05, 4.69) is 5.32 Å². The Labute approximate surface area is 169 Å². The second kappa shape index (κ2) is 8.77. The number of carboxylic acid groups (broad SMARTS) is 2. The molecule has 152 valence electrons. The molecule has 2 aliphatic rings. The van der Waals surface area contributed by atoms with Crippen LogP contribution in [0.15, 0.2) is 54.4 Å². The molecular weight excluding hydrogens is 372 g/mol. The molecule has 1 heterocycles. The summed E-state index contributed by atoms with van der Waals surface area (Å²) in [7, 11) is 0. The van der Waals surface area contributed by atoms with E-state index in [1.807, 2.05) is 30.3 Å². The molecule has 1 aliphatic heterocycles. The summed E-state index contributed by atoms with van der Waals surface area (Å²) in [6, 6.07) is 7.39. The molecule has 1 amide bonds. The maximum atomic E-state index is 13.2. The van der Waals surface area contributed by atoms with Gasteiger partial charge in [-0.25, -0.2) is 4.79 Å². The maximum Gasteiger partial charge on any atom is 0.327 e. The van der Waals surface area contributed by atoms with Crippen LogP contribution in [0.25, 0.3) is 6.08 Å². The summed E-state index contributed by atoms with van der Waals surface area (Å²) in [4.78, 5) is 37.1. The third-order valence-electron chi connectivity index (χ3n) is 5.39. The molecule has 1 fully saturated rings. The third-order valence-corrected chi connectivity index (χ3v) is 5.39. The lowest BCUT2D eigenvalue weighted by molar-refractivity contribution is -0.135. The molecular formula is C22H24N2O5. The molecule has 1 saturated carbocycles. The van der Waals surface area contributed by atoms with Gasteiger partial charge in [-0.05, 0) is 37.0 Å². The SMILES string of the molecule is O=C(O)C=CCC1(C(=O)NC2=CC=Cc3ccccc3N2CC(=O)O)CCCC1. The molecule has 0 radical (unpaired) electrons. The van der Waals surface area contributed by atoms with Crippen LogP contribution in [0, 0.1) is 5.41 Å². The molecule has 1 aliphatic carbocycles. The zero-order chi connectivity index (χ0) is 20.9. The number of amides is 1. The van der Waals surface area contributed by atoms with E-state index in [4.69, 9.17) is 5.11 Å². The van der Waals surface area contributed by atoms with Gasteiger partial charge in [0.1, 0.15) is 12.4 Å². The lowest BCUT2D eigenvalue weighted by atomic mass is 9.81. The van der Waals surface area contributed by atoms with E-state index in [9.17, 15) is 19.5 Å². The van der Waals surface area contributed by atoms with Crippen molar-refractivity contribution >= 4 is 29.6 Å². The third kappa shape index (κ3) is 4.74. The highest BCUT2D eigenvalue weighted by Gasteiger charge is 2.40. The van der Waals surface area contributed by atoms with Crippen molar-refractivity contribution in [1.29, 1.82) is 0 Å². The van der Waals surface area contributed by atoms with E-state index in [1.165, 1.54) is 6.08 Å². The first-order valence-electron chi connectivity index (χ1n) is 9.59. The number of nitrogens with one attached hydrogen (secondary N) is 1. The molecule has 7 heteroatoms. The number of anilines is 1. The molecule has 0 unspecified atom stereocenters. The molecule has 0 atom stereocenters. The van der Waals surface area contributed by atoms with Crippen LogP contribution < -0.4 is 10.2 Å². The standard InChI is InChI=1S/C22H24N2O5/c25-19(26)11-6-14-22(12-3-4-13-22)21(29)23-18-10-5-8-16-7-1-2-9-17(16)24(18)15-20(27)28/h1-2,5-11H,3-4,12-15H2,(H,23,29)(H,25,26)(H,27,28). The summed E-state index contributed by atoms with van der Waals surface area (Å²) in [5.74, 6) is -1.87. The van der Waals surface area contributed by atoms with E-state index >= 15 is 0 Å². The van der Waals surface area contributed by atoms with Crippen LogP contribution in [-0.4, -0.2) is 34.6 Å². The maximum absolute atomic E-state index is 13.2. The molecule has 0 aromatic heterocycles. The number of allylic oxidation sites excluding steroid dienone is 3.